The minimum absolute atomic E-state index is 0.169. The quantitative estimate of drug-likeness (QED) is 0.705. The number of esters is 1. The standard InChI is InChI=1S/C11H20N2O4/c1-8(10(14)17-2)7-12-9-3-5-13(6-4-9)11(15)16/h8-9,12H,3-7H2,1-2H3,(H,15,16). The lowest BCUT2D eigenvalue weighted by molar-refractivity contribution is -0.144. The maximum absolute atomic E-state index is 11.2. The van der Waals surface area contributed by atoms with E-state index in [1.807, 2.05) is 6.92 Å². The molecule has 0 radical (unpaired) electrons. The lowest BCUT2D eigenvalue weighted by Crippen LogP contribution is -2.45. The molecule has 1 amide bonds. The summed E-state index contributed by atoms with van der Waals surface area (Å²) in [5, 5.41) is 12.1. The van der Waals surface area contributed by atoms with Crippen LogP contribution in [0, 0.1) is 5.92 Å². The number of nitrogens with one attached hydrogen (secondary N) is 1. The van der Waals surface area contributed by atoms with Gasteiger partial charge in [0, 0.05) is 25.7 Å². The summed E-state index contributed by atoms with van der Waals surface area (Å²) in [5.74, 6) is -0.391. The number of amides is 1. The highest BCUT2D eigenvalue weighted by Gasteiger charge is 2.23. The molecule has 1 fully saturated rings. The van der Waals surface area contributed by atoms with Crippen LogP contribution in [0.1, 0.15) is 19.8 Å². The van der Waals surface area contributed by atoms with Gasteiger partial charge in [-0.05, 0) is 12.8 Å². The van der Waals surface area contributed by atoms with E-state index >= 15 is 0 Å². The summed E-state index contributed by atoms with van der Waals surface area (Å²) in [7, 11) is 1.38. The van der Waals surface area contributed by atoms with Gasteiger partial charge in [0.1, 0.15) is 0 Å². The van der Waals surface area contributed by atoms with Crippen molar-refractivity contribution in [3.63, 3.8) is 0 Å². The summed E-state index contributed by atoms with van der Waals surface area (Å²) in [6, 6.07) is 0.290. The van der Waals surface area contributed by atoms with Gasteiger partial charge in [0.25, 0.3) is 0 Å². The van der Waals surface area contributed by atoms with E-state index in [-0.39, 0.29) is 17.9 Å². The van der Waals surface area contributed by atoms with Crippen LogP contribution in [-0.2, 0) is 9.53 Å². The molecule has 0 aliphatic carbocycles. The summed E-state index contributed by atoms with van der Waals surface area (Å²) in [4.78, 5) is 23.3. The maximum Gasteiger partial charge on any atom is 0.407 e. The Morgan fingerprint density at radius 3 is 2.53 bits per heavy atom. The van der Waals surface area contributed by atoms with Crippen LogP contribution in [0.5, 0.6) is 0 Å². The number of likely N-dealkylation sites (tertiary alicyclic amines) is 1. The fraction of sp³-hybridized carbons (Fsp3) is 0.818. The van der Waals surface area contributed by atoms with Crippen molar-refractivity contribution in [3.05, 3.63) is 0 Å². The molecule has 6 nitrogen and oxygen atoms in total. The maximum atomic E-state index is 11.2. The molecule has 0 spiro atoms. The second-order valence-electron chi connectivity index (χ2n) is 4.38. The van der Waals surface area contributed by atoms with E-state index in [0.717, 1.165) is 12.8 Å². The molecule has 1 unspecified atom stereocenters. The van der Waals surface area contributed by atoms with Crippen LogP contribution in [0.25, 0.3) is 0 Å². The fourth-order valence-corrected chi connectivity index (χ4v) is 1.90. The summed E-state index contributed by atoms with van der Waals surface area (Å²) in [5.41, 5.74) is 0. The van der Waals surface area contributed by atoms with Gasteiger partial charge in [-0.15, -0.1) is 0 Å². The monoisotopic (exact) mass is 244 g/mol. The summed E-state index contributed by atoms with van der Waals surface area (Å²) in [6.45, 7) is 3.49. The predicted octanol–water partition coefficient (Wildman–Crippen LogP) is 0.528. The lowest BCUT2D eigenvalue weighted by atomic mass is 10.0. The van der Waals surface area contributed by atoms with Crippen molar-refractivity contribution in [3.8, 4) is 0 Å². The topological polar surface area (TPSA) is 78.9 Å². The van der Waals surface area contributed by atoms with Gasteiger partial charge in [0.15, 0.2) is 0 Å². The molecule has 1 atom stereocenters. The van der Waals surface area contributed by atoms with E-state index in [1.54, 1.807) is 0 Å². The van der Waals surface area contributed by atoms with E-state index in [4.69, 9.17) is 5.11 Å². The predicted molar refractivity (Wildman–Crippen MR) is 61.8 cm³/mol. The van der Waals surface area contributed by atoms with Crippen LogP contribution < -0.4 is 5.32 Å². The Morgan fingerprint density at radius 1 is 1.47 bits per heavy atom. The van der Waals surface area contributed by atoms with Gasteiger partial charge in [0.05, 0.1) is 13.0 Å². The first-order valence-corrected chi connectivity index (χ1v) is 5.83. The van der Waals surface area contributed by atoms with Crippen molar-refractivity contribution in [1.29, 1.82) is 0 Å². The van der Waals surface area contributed by atoms with Gasteiger partial charge in [-0.1, -0.05) is 6.92 Å². The molecule has 0 bridgehead atoms. The first-order valence-electron chi connectivity index (χ1n) is 5.83. The third kappa shape index (κ3) is 4.22. The summed E-state index contributed by atoms with van der Waals surface area (Å²) >= 11 is 0. The van der Waals surface area contributed by atoms with Gasteiger partial charge in [-0.3, -0.25) is 4.79 Å². The number of nitrogens with zero attached hydrogens (tertiary/aromatic N) is 1. The van der Waals surface area contributed by atoms with Crippen LogP contribution in [0.3, 0.4) is 0 Å². The molecular formula is C11H20N2O4. The average molecular weight is 244 g/mol. The zero-order valence-corrected chi connectivity index (χ0v) is 10.3. The number of hydrogen-bond donors (Lipinski definition) is 2. The molecule has 1 rings (SSSR count). The summed E-state index contributed by atoms with van der Waals surface area (Å²) < 4.78 is 4.64. The van der Waals surface area contributed by atoms with Crippen molar-refractivity contribution in [1.82, 2.24) is 10.2 Å². The highest BCUT2D eigenvalue weighted by molar-refractivity contribution is 5.72. The minimum atomic E-state index is -0.855. The first kappa shape index (κ1) is 13.8. The Bertz CT molecular complexity index is 275. The van der Waals surface area contributed by atoms with Crippen molar-refractivity contribution in [2.75, 3.05) is 26.7 Å². The van der Waals surface area contributed by atoms with E-state index < -0.39 is 6.09 Å². The third-order valence-electron chi connectivity index (χ3n) is 3.08. The normalized spacial score (nSPS) is 18.8. The number of ether oxygens (including phenoxy) is 1. The number of hydrogen-bond acceptors (Lipinski definition) is 4. The van der Waals surface area contributed by atoms with Crippen LogP contribution >= 0.6 is 0 Å². The molecule has 6 heteroatoms. The zero-order valence-electron chi connectivity index (χ0n) is 10.3. The van der Waals surface area contributed by atoms with Gasteiger partial charge < -0.3 is 20.1 Å². The average Bonchev–Trinajstić information content (AvgIpc) is 2.35. The molecule has 1 heterocycles. The second-order valence-corrected chi connectivity index (χ2v) is 4.38. The molecule has 2 N–H and O–H groups in total. The Kier molecular flexibility index (Phi) is 5.21. The van der Waals surface area contributed by atoms with Crippen molar-refractivity contribution >= 4 is 12.1 Å². The van der Waals surface area contributed by atoms with Crippen LogP contribution in [-0.4, -0.2) is 54.9 Å². The van der Waals surface area contributed by atoms with Crippen molar-refractivity contribution in [2.45, 2.75) is 25.8 Å². The zero-order chi connectivity index (χ0) is 12.8. The van der Waals surface area contributed by atoms with Gasteiger partial charge in [-0.25, -0.2) is 4.79 Å². The Morgan fingerprint density at radius 2 is 2.06 bits per heavy atom. The Hall–Kier alpha value is -1.30. The smallest absolute Gasteiger partial charge is 0.407 e. The number of piperidine rings is 1. The van der Waals surface area contributed by atoms with Gasteiger partial charge in [0.2, 0.25) is 0 Å². The number of carbonyl (C=O) groups is 2. The number of methoxy groups -OCH3 is 1. The van der Waals surface area contributed by atoms with Crippen LogP contribution in [0.2, 0.25) is 0 Å². The highest BCUT2D eigenvalue weighted by Crippen LogP contribution is 2.10. The van der Waals surface area contributed by atoms with E-state index in [9.17, 15) is 9.59 Å². The number of carbonyl (C=O) groups excluding carboxylic acids is 1. The van der Waals surface area contributed by atoms with Crippen molar-refractivity contribution < 1.29 is 19.4 Å². The van der Waals surface area contributed by atoms with Crippen LogP contribution in [0.4, 0.5) is 4.79 Å². The highest BCUT2D eigenvalue weighted by atomic mass is 16.5. The Balaban J connectivity index is 2.22. The van der Waals surface area contributed by atoms with Gasteiger partial charge >= 0.3 is 12.1 Å². The molecule has 0 saturated carbocycles. The largest absolute Gasteiger partial charge is 0.469 e. The molecule has 1 aliphatic rings. The number of rotatable bonds is 4. The van der Waals surface area contributed by atoms with Crippen molar-refractivity contribution in [2.24, 2.45) is 5.92 Å². The molecule has 0 aromatic rings. The first-order chi connectivity index (χ1) is 8.04. The second kappa shape index (κ2) is 6.44. The van der Waals surface area contributed by atoms with E-state index in [2.05, 4.69) is 10.1 Å². The van der Waals surface area contributed by atoms with E-state index in [1.165, 1.54) is 12.0 Å². The van der Waals surface area contributed by atoms with Crippen LogP contribution in [0.15, 0.2) is 0 Å². The minimum Gasteiger partial charge on any atom is -0.469 e. The summed E-state index contributed by atoms with van der Waals surface area (Å²) in [6.07, 6.45) is 0.729. The molecule has 17 heavy (non-hydrogen) atoms. The number of carboxylic acid groups (broad SMARTS) is 1. The van der Waals surface area contributed by atoms with E-state index in [0.29, 0.717) is 19.6 Å². The lowest BCUT2D eigenvalue weighted by Gasteiger charge is -2.31. The Labute approximate surface area is 101 Å². The molecule has 0 aromatic carbocycles. The molecule has 1 aliphatic heterocycles. The molecule has 98 valence electrons. The fourth-order valence-electron chi connectivity index (χ4n) is 1.90. The molecule has 1 saturated heterocycles. The van der Waals surface area contributed by atoms with Gasteiger partial charge in [-0.2, -0.15) is 0 Å². The SMILES string of the molecule is COC(=O)C(C)CNC1CCN(C(=O)O)CC1. The molecule has 0 aromatic heterocycles. The third-order valence-corrected chi connectivity index (χ3v) is 3.08. The molecular weight excluding hydrogens is 224 g/mol.